The summed E-state index contributed by atoms with van der Waals surface area (Å²) in [4.78, 5) is 0. The summed E-state index contributed by atoms with van der Waals surface area (Å²) in [6.07, 6.45) is 0. The van der Waals surface area contributed by atoms with Crippen molar-refractivity contribution >= 4 is 93.0 Å². The van der Waals surface area contributed by atoms with E-state index in [2.05, 4.69) is 31.9 Å². The van der Waals surface area contributed by atoms with E-state index < -0.39 is 56.5 Å². The van der Waals surface area contributed by atoms with E-state index >= 15 is 4.39 Å². The molecular weight excluding hydrogens is 1030 g/mol. The molecule has 10 rings (SSSR count). The fourth-order valence-electron chi connectivity index (χ4n) is 7.98. The average Bonchev–Trinajstić information content (AvgIpc) is 4.04. The van der Waals surface area contributed by atoms with Gasteiger partial charge in [-0.05, 0) is 193 Å². The van der Waals surface area contributed by atoms with Gasteiger partial charge in [-0.1, -0.05) is 40.2 Å². The molecule has 0 spiro atoms. The molecule has 0 N–H and O–H groups in total. The van der Waals surface area contributed by atoms with Gasteiger partial charge in [0.05, 0.1) is 49.3 Å². The molecule has 6 aromatic rings. The van der Waals surface area contributed by atoms with Crippen molar-refractivity contribution in [1.29, 1.82) is 0 Å². The second-order valence-corrected chi connectivity index (χ2v) is 24.3. The Labute approximate surface area is 429 Å². The predicted octanol–water partition coefficient (Wildman–Crippen LogP) is 12.9. The van der Waals surface area contributed by atoms with Crippen molar-refractivity contribution in [2.45, 2.75) is 156 Å². The van der Waals surface area contributed by atoms with Gasteiger partial charge in [0.1, 0.15) is 34.3 Å². The van der Waals surface area contributed by atoms with Crippen molar-refractivity contribution in [3.05, 3.63) is 106 Å². The Balaban J connectivity index is 0.000000154. The molecule has 370 valence electrons. The molecule has 70 heavy (non-hydrogen) atoms. The molecule has 0 saturated carbocycles. The van der Waals surface area contributed by atoms with Crippen LogP contribution in [0.15, 0.2) is 103 Å². The standard InChI is InChI=1S/C26H31B2FO5.C14H7Br2FO.C12H24B2O4/c1-23(2)24(3,4)32-27(31-23)18-10-12-21-17(13-18)15-22(30-21)16-9-11-19(20(29)14-16)28-33-25(5,6)26(7,8)34-28;15-10-2-4-13-9(5-10)7-14(18-13)8-1-3-11(16)12(17)6-8;1-9(2)10(3,4)16-13(15-9)14-17-11(5,6)12(7,8)18-14/h9-15H,1-8H3;1-7H;1-8H3. The van der Waals surface area contributed by atoms with E-state index in [1.807, 2.05) is 171 Å². The zero-order chi connectivity index (χ0) is 51.4. The number of furan rings is 2. The van der Waals surface area contributed by atoms with E-state index in [-0.39, 0.29) is 28.2 Å². The highest BCUT2D eigenvalue weighted by molar-refractivity contribution is 9.10. The lowest BCUT2D eigenvalue weighted by Crippen LogP contribution is -2.41. The van der Waals surface area contributed by atoms with E-state index in [4.69, 9.17) is 46.1 Å². The molecule has 0 aliphatic carbocycles. The van der Waals surface area contributed by atoms with Crippen LogP contribution in [0.3, 0.4) is 0 Å². The minimum atomic E-state index is -0.753. The quantitative estimate of drug-likeness (QED) is 0.155. The Morgan fingerprint density at radius 2 is 0.771 bits per heavy atom. The van der Waals surface area contributed by atoms with Gasteiger partial charge in [-0.25, -0.2) is 8.78 Å². The summed E-state index contributed by atoms with van der Waals surface area (Å²) >= 11 is 6.55. The molecule has 10 nitrogen and oxygen atoms in total. The third-order valence-corrected chi connectivity index (χ3v) is 16.4. The third-order valence-electron chi connectivity index (χ3n) is 15.3. The maximum atomic E-state index is 15.1. The molecule has 0 radical (unpaired) electrons. The molecule has 0 amide bonds. The molecule has 4 fully saturated rings. The summed E-state index contributed by atoms with van der Waals surface area (Å²) in [5.41, 5.74) is 0.839. The maximum Gasteiger partial charge on any atom is 0.497 e. The third kappa shape index (κ3) is 10.2. The van der Waals surface area contributed by atoms with Crippen LogP contribution >= 0.6 is 31.9 Å². The highest BCUT2D eigenvalue weighted by Gasteiger charge is 2.64. The van der Waals surface area contributed by atoms with Crippen molar-refractivity contribution in [2.75, 3.05) is 0 Å². The van der Waals surface area contributed by atoms with Crippen molar-refractivity contribution in [1.82, 2.24) is 0 Å². The Morgan fingerprint density at radius 3 is 1.21 bits per heavy atom. The van der Waals surface area contributed by atoms with Crippen molar-refractivity contribution < 1.29 is 54.8 Å². The van der Waals surface area contributed by atoms with E-state index in [1.54, 1.807) is 12.1 Å². The normalized spacial score (nSPS) is 22.1. The lowest BCUT2D eigenvalue weighted by Gasteiger charge is -2.32. The van der Waals surface area contributed by atoms with Gasteiger partial charge in [0, 0.05) is 31.8 Å². The van der Waals surface area contributed by atoms with Gasteiger partial charge in [0.25, 0.3) is 0 Å². The minimum Gasteiger partial charge on any atom is -0.456 e. The average molecular weight is 1090 g/mol. The van der Waals surface area contributed by atoms with Crippen LogP contribution in [0.1, 0.15) is 111 Å². The first-order chi connectivity index (χ1) is 32.2. The first-order valence-electron chi connectivity index (χ1n) is 23.6. The van der Waals surface area contributed by atoms with Crippen LogP contribution in [0.5, 0.6) is 0 Å². The minimum absolute atomic E-state index is 0.297. The number of hydrogen-bond donors (Lipinski definition) is 0. The smallest absolute Gasteiger partial charge is 0.456 e. The van der Waals surface area contributed by atoms with Crippen molar-refractivity contribution in [3.63, 3.8) is 0 Å². The SMILES string of the molecule is CC1(C)OB(B2OC(C)(C)C(C)(C)O2)OC1(C)C.CC1(C)OB(c2ccc3oc(-c4ccc(B5OC(C)(C)C(C)(C)O5)c(F)c4)cc3c2)OC1(C)C.Fc1cc(-c2cc3cc(Br)ccc3o2)ccc1Br. The molecule has 2 aromatic heterocycles. The molecule has 4 saturated heterocycles. The summed E-state index contributed by atoms with van der Waals surface area (Å²) in [6, 6.07) is 25.4. The fourth-order valence-corrected chi connectivity index (χ4v) is 8.60. The largest absolute Gasteiger partial charge is 0.497 e. The lowest BCUT2D eigenvalue weighted by atomic mass is 9.49. The van der Waals surface area contributed by atoms with Crippen LogP contribution in [0, 0.1) is 11.6 Å². The van der Waals surface area contributed by atoms with Crippen LogP contribution in [0.2, 0.25) is 0 Å². The molecule has 6 heterocycles. The number of rotatable bonds is 5. The van der Waals surface area contributed by atoms with Gasteiger partial charge in [-0.2, -0.15) is 0 Å². The Hall–Kier alpha value is -3.28. The van der Waals surface area contributed by atoms with Crippen molar-refractivity contribution in [2.24, 2.45) is 0 Å². The van der Waals surface area contributed by atoms with Gasteiger partial charge < -0.3 is 46.1 Å². The first kappa shape index (κ1) is 53.0. The first-order valence-corrected chi connectivity index (χ1v) is 25.2. The molecule has 4 aromatic carbocycles. The zero-order valence-corrected chi connectivity index (χ0v) is 46.2. The van der Waals surface area contributed by atoms with Crippen LogP contribution in [-0.4, -0.2) is 73.1 Å². The summed E-state index contributed by atoms with van der Waals surface area (Å²) in [7, 11) is -2.16. The molecule has 0 bridgehead atoms. The Morgan fingerprint density at radius 1 is 0.386 bits per heavy atom. The highest BCUT2D eigenvalue weighted by Crippen LogP contribution is 2.44. The zero-order valence-electron chi connectivity index (χ0n) is 43.0. The van der Waals surface area contributed by atoms with Crippen LogP contribution in [-0.2, 0) is 37.2 Å². The van der Waals surface area contributed by atoms with E-state index in [0.717, 1.165) is 31.9 Å². The number of fused-ring (bicyclic) bond motifs is 2. The van der Waals surface area contributed by atoms with Crippen LogP contribution < -0.4 is 10.9 Å². The second-order valence-electron chi connectivity index (χ2n) is 22.5. The monoisotopic (exact) mass is 1090 g/mol. The second kappa shape index (κ2) is 18.3. The summed E-state index contributed by atoms with van der Waals surface area (Å²) in [6.45, 7) is 32.1. The Kier molecular flexibility index (Phi) is 13.8. The van der Waals surface area contributed by atoms with Gasteiger partial charge >= 0.3 is 28.3 Å². The molecule has 4 aliphatic rings. The van der Waals surface area contributed by atoms with Gasteiger partial charge in [-0.3, -0.25) is 0 Å². The summed E-state index contributed by atoms with van der Waals surface area (Å²) in [5, 5.41) is 1.89. The van der Waals surface area contributed by atoms with E-state index in [1.165, 1.54) is 12.1 Å². The van der Waals surface area contributed by atoms with E-state index in [9.17, 15) is 4.39 Å². The molecular formula is C52H62B4Br2F2O10. The van der Waals surface area contributed by atoms with Gasteiger partial charge in [0.15, 0.2) is 0 Å². The lowest BCUT2D eigenvalue weighted by molar-refractivity contribution is 0.00578. The summed E-state index contributed by atoms with van der Waals surface area (Å²) < 4.78 is 90.0. The predicted molar refractivity (Wildman–Crippen MR) is 282 cm³/mol. The molecule has 18 heteroatoms. The highest BCUT2D eigenvalue weighted by atomic mass is 79.9. The van der Waals surface area contributed by atoms with Crippen LogP contribution in [0.4, 0.5) is 8.78 Å². The number of benzene rings is 4. The van der Waals surface area contributed by atoms with Crippen LogP contribution in [0.25, 0.3) is 44.6 Å². The summed E-state index contributed by atoms with van der Waals surface area (Å²) in [5.74, 6) is 0.554. The van der Waals surface area contributed by atoms with Gasteiger partial charge in [-0.15, -0.1) is 0 Å². The molecule has 0 unspecified atom stereocenters. The Bertz CT molecular complexity index is 2830. The maximum absolute atomic E-state index is 15.1. The van der Waals surface area contributed by atoms with E-state index in [0.29, 0.717) is 32.6 Å². The number of hydrogen-bond acceptors (Lipinski definition) is 10. The topological polar surface area (TPSA) is 100 Å². The van der Waals surface area contributed by atoms with Gasteiger partial charge in [0.2, 0.25) is 0 Å². The fraction of sp³-hybridized carbons (Fsp3) is 0.462. The number of halogens is 4. The van der Waals surface area contributed by atoms with Crippen molar-refractivity contribution in [3.8, 4) is 22.6 Å². The molecule has 0 atom stereocenters. The molecule has 4 aliphatic heterocycles.